The second-order valence-corrected chi connectivity index (χ2v) is 9.49. The van der Waals surface area contributed by atoms with E-state index in [0.717, 1.165) is 64.3 Å². The molecule has 7 nitrogen and oxygen atoms in total. The smallest absolute Gasteiger partial charge is 0.224 e. The summed E-state index contributed by atoms with van der Waals surface area (Å²) in [5, 5.41) is 16.2. The SMILES string of the molecule is N#Cc1ccnc(N2CCN(CC3CCC4C(C3)NC(=O)C3CCCNC34)CC2)c1. The number of fused-ring (bicyclic) bond motifs is 3. The highest BCUT2D eigenvalue weighted by atomic mass is 16.2. The van der Waals surface area contributed by atoms with Crippen molar-refractivity contribution in [3.05, 3.63) is 23.9 Å². The predicted octanol–water partition coefficient (Wildman–Crippen LogP) is 1.36. The van der Waals surface area contributed by atoms with Gasteiger partial charge in [0, 0.05) is 51.0 Å². The molecule has 1 saturated carbocycles. The molecule has 0 bridgehead atoms. The van der Waals surface area contributed by atoms with Gasteiger partial charge in [-0.2, -0.15) is 5.26 Å². The lowest BCUT2D eigenvalue weighted by molar-refractivity contribution is -0.133. The molecule has 1 aromatic heterocycles. The number of aromatic nitrogens is 1. The summed E-state index contributed by atoms with van der Waals surface area (Å²) >= 11 is 0. The Morgan fingerprint density at radius 3 is 2.90 bits per heavy atom. The number of anilines is 1. The first-order valence-electron chi connectivity index (χ1n) is 11.6. The van der Waals surface area contributed by atoms with E-state index in [1.807, 2.05) is 6.07 Å². The van der Waals surface area contributed by atoms with E-state index < -0.39 is 0 Å². The molecule has 30 heavy (non-hydrogen) atoms. The number of piperidine rings is 2. The van der Waals surface area contributed by atoms with E-state index in [1.54, 1.807) is 12.3 Å². The number of nitrogens with zero attached hydrogens (tertiary/aromatic N) is 4. The number of amides is 1. The molecule has 3 aliphatic heterocycles. The normalized spacial score (nSPS) is 34.4. The third kappa shape index (κ3) is 3.91. The van der Waals surface area contributed by atoms with Crippen molar-refractivity contribution < 1.29 is 4.79 Å². The molecule has 1 aliphatic carbocycles. The Balaban J connectivity index is 1.14. The van der Waals surface area contributed by atoms with Crippen LogP contribution in [-0.2, 0) is 4.79 Å². The van der Waals surface area contributed by atoms with Crippen LogP contribution >= 0.6 is 0 Å². The van der Waals surface area contributed by atoms with Crippen LogP contribution in [0.1, 0.15) is 37.7 Å². The molecular formula is C23H32N6O. The van der Waals surface area contributed by atoms with Gasteiger partial charge in [0.05, 0.1) is 17.6 Å². The average Bonchev–Trinajstić information content (AvgIpc) is 2.80. The van der Waals surface area contributed by atoms with Crippen LogP contribution in [0.3, 0.4) is 0 Å². The van der Waals surface area contributed by atoms with E-state index in [4.69, 9.17) is 5.26 Å². The number of hydrogen-bond acceptors (Lipinski definition) is 6. The van der Waals surface area contributed by atoms with Crippen molar-refractivity contribution in [2.45, 2.75) is 44.2 Å². The topological polar surface area (TPSA) is 84.3 Å². The zero-order chi connectivity index (χ0) is 20.5. The summed E-state index contributed by atoms with van der Waals surface area (Å²) < 4.78 is 0. The van der Waals surface area contributed by atoms with E-state index in [-0.39, 0.29) is 11.8 Å². The average molecular weight is 409 g/mol. The van der Waals surface area contributed by atoms with Gasteiger partial charge in [0.2, 0.25) is 5.91 Å². The van der Waals surface area contributed by atoms with E-state index in [9.17, 15) is 4.79 Å². The summed E-state index contributed by atoms with van der Waals surface area (Å²) in [4.78, 5) is 21.9. The third-order valence-corrected chi connectivity index (χ3v) is 7.73. The standard InChI is InChI=1S/C23H32N6O/c24-14-16-5-7-25-21(13-16)29-10-8-28(9-11-29)15-17-3-4-18-20(12-17)27-23(30)19-2-1-6-26-22(18)19/h5,7,13,17-20,22,26H,1-4,6,8-12,15H2,(H,27,30). The summed E-state index contributed by atoms with van der Waals surface area (Å²) in [6, 6.07) is 6.59. The van der Waals surface area contributed by atoms with Crippen LogP contribution in [0.5, 0.6) is 0 Å². The second kappa shape index (κ2) is 8.52. The number of carbonyl (C=O) groups is 1. The predicted molar refractivity (Wildman–Crippen MR) is 115 cm³/mol. The maximum atomic E-state index is 12.6. The van der Waals surface area contributed by atoms with Gasteiger partial charge in [-0.3, -0.25) is 9.69 Å². The van der Waals surface area contributed by atoms with E-state index in [2.05, 4.69) is 31.5 Å². The number of rotatable bonds is 3. The van der Waals surface area contributed by atoms with Gasteiger partial charge in [0.1, 0.15) is 5.82 Å². The summed E-state index contributed by atoms with van der Waals surface area (Å²) in [5.41, 5.74) is 0.670. The number of nitrogens with one attached hydrogen (secondary N) is 2. The van der Waals surface area contributed by atoms with Gasteiger partial charge in [-0.05, 0) is 62.6 Å². The monoisotopic (exact) mass is 408 g/mol. The van der Waals surface area contributed by atoms with Crippen molar-refractivity contribution in [2.75, 3.05) is 44.2 Å². The largest absolute Gasteiger partial charge is 0.354 e. The van der Waals surface area contributed by atoms with Gasteiger partial charge >= 0.3 is 0 Å². The highest BCUT2D eigenvalue weighted by molar-refractivity contribution is 5.81. The molecule has 4 aliphatic rings. The van der Waals surface area contributed by atoms with Crippen molar-refractivity contribution in [1.82, 2.24) is 20.5 Å². The quantitative estimate of drug-likeness (QED) is 0.786. The van der Waals surface area contributed by atoms with Gasteiger partial charge in [-0.15, -0.1) is 0 Å². The third-order valence-electron chi connectivity index (χ3n) is 7.73. The van der Waals surface area contributed by atoms with E-state index >= 15 is 0 Å². The van der Waals surface area contributed by atoms with Gasteiger partial charge in [-0.25, -0.2) is 4.98 Å². The molecule has 5 unspecified atom stereocenters. The number of hydrogen-bond donors (Lipinski definition) is 2. The minimum Gasteiger partial charge on any atom is -0.354 e. The van der Waals surface area contributed by atoms with Gasteiger partial charge in [-0.1, -0.05) is 0 Å². The molecule has 7 heteroatoms. The molecule has 4 fully saturated rings. The number of nitriles is 1. The first-order chi connectivity index (χ1) is 14.7. The zero-order valence-corrected chi connectivity index (χ0v) is 17.6. The maximum absolute atomic E-state index is 12.6. The van der Waals surface area contributed by atoms with Crippen molar-refractivity contribution in [3.8, 4) is 6.07 Å². The van der Waals surface area contributed by atoms with Crippen LogP contribution in [0.25, 0.3) is 0 Å². The molecule has 0 spiro atoms. The number of pyridine rings is 1. The highest BCUT2D eigenvalue weighted by Gasteiger charge is 2.47. The van der Waals surface area contributed by atoms with Crippen LogP contribution in [0.4, 0.5) is 5.82 Å². The molecule has 1 aromatic rings. The van der Waals surface area contributed by atoms with Gasteiger partial charge in [0.15, 0.2) is 0 Å². The van der Waals surface area contributed by atoms with Gasteiger partial charge in [0.25, 0.3) is 0 Å². The molecule has 0 radical (unpaired) electrons. The minimum absolute atomic E-state index is 0.192. The Morgan fingerprint density at radius 2 is 2.07 bits per heavy atom. The van der Waals surface area contributed by atoms with Crippen molar-refractivity contribution in [3.63, 3.8) is 0 Å². The minimum atomic E-state index is 0.192. The van der Waals surface area contributed by atoms with Crippen LogP contribution < -0.4 is 15.5 Å². The Labute approximate surface area is 178 Å². The molecular weight excluding hydrogens is 376 g/mol. The molecule has 160 valence electrons. The van der Waals surface area contributed by atoms with E-state index in [0.29, 0.717) is 29.5 Å². The number of piperazine rings is 1. The fraction of sp³-hybridized carbons (Fsp3) is 0.696. The molecule has 3 saturated heterocycles. The molecule has 2 N–H and O–H groups in total. The van der Waals surface area contributed by atoms with Crippen LogP contribution in [-0.4, -0.2) is 67.1 Å². The van der Waals surface area contributed by atoms with Crippen molar-refractivity contribution >= 4 is 11.7 Å². The maximum Gasteiger partial charge on any atom is 0.224 e. The molecule has 4 heterocycles. The lowest BCUT2D eigenvalue weighted by Gasteiger charge is -2.50. The Hall–Kier alpha value is -2.17. The van der Waals surface area contributed by atoms with Crippen molar-refractivity contribution in [1.29, 1.82) is 5.26 Å². The lowest BCUT2D eigenvalue weighted by Crippen LogP contribution is -2.64. The molecule has 1 amide bonds. The zero-order valence-electron chi connectivity index (χ0n) is 17.6. The highest BCUT2D eigenvalue weighted by Crippen LogP contribution is 2.39. The first kappa shape index (κ1) is 19.8. The summed E-state index contributed by atoms with van der Waals surface area (Å²) in [5.74, 6) is 2.67. The Morgan fingerprint density at radius 1 is 1.20 bits per heavy atom. The second-order valence-electron chi connectivity index (χ2n) is 9.49. The number of carbonyl (C=O) groups excluding carboxylic acids is 1. The van der Waals surface area contributed by atoms with Crippen LogP contribution in [0.2, 0.25) is 0 Å². The lowest BCUT2D eigenvalue weighted by atomic mass is 9.67. The Kier molecular flexibility index (Phi) is 5.62. The Bertz CT molecular complexity index is 814. The first-order valence-corrected chi connectivity index (χ1v) is 11.6. The summed E-state index contributed by atoms with van der Waals surface area (Å²) in [6.45, 7) is 6.15. The summed E-state index contributed by atoms with van der Waals surface area (Å²) in [7, 11) is 0. The molecule has 5 rings (SSSR count). The fourth-order valence-corrected chi connectivity index (χ4v) is 6.17. The van der Waals surface area contributed by atoms with Crippen molar-refractivity contribution in [2.24, 2.45) is 17.8 Å². The van der Waals surface area contributed by atoms with E-state index in [1.165, 1.54) is 12.8 Å². The summed E-state index contributed by atoms with van der Waals surface area (Å²) in [6.07, 6.45) is 7.52. The van der Waals surface area contributed by atoms with Gasteiger partial charge < -0.3 is 15.5 Å². The fourth-order valence-electron chi connectivity index (χ4n) is 6.17. The van der Waals surface area contributed by atoms with Crippen LogP contribution in [0, 0.1) is 29.1 Å². The van der Waals surface area contributed by atoms with Crippen LogP contribution in [0.15, 0.2) is 18.3 Å². The molecule has 0 aromatic carbocycles. The molecule has 5 atom stereocenters.